The van der Waals surface area contributed by atoms with Crippen molar-refractivity contribution in [1.29, 1.82) is 0 Å². The molecule has 0 aromatic heterocycles. The SMILES string of the molecule is CC(=O)[C@@H]1CC[C@H]2[C@@]34CO[C@@]5(O)[C@@H](OC(=O)[C@]25[C@@H]1O)[C@@H]3C(C)(C)CC[C@@H]4O. The minimum atomic E-state index is -1.97. The smallest absolute Gasteiger partial charge is 0.321 e. The van der Waals surface area contributed by atoms with E-state index in [1.807, 2.05) is 0 Å². The molecule has 0 radical (unpaired) electrons. The summed E-state index contributed by atoms with van der Waals surface area (Å²) in [7, 11) is 0. The number of hydrogen-bond donors (Lipinski definition) is 3. The van der Waals surface area contributed by atoms with Crippen LogP contribution in [0.15, 0.2) is 0 Å². The van der Waals surface area contributed by atoms with Crippen molar-refractivity contribution >= 4 is 11.8 Å². The molecule has 3 heterocycles. The topological polar surface area (TPSA) is 113 Å². The highest BCUT2D eigenvalue weighted by molar-refractivity contribution is 5.87. The number of ketones is 1. The van der Waals surface area contributed by atoms with Crippen LogP contribution in [0.1, 0.15) is 46.5 Å². The highest BCUT2D eigenvalue weighted by Crippen LogP contribution is 2.76. The van der Waals surface area contributed by atoms with Gasteiger partial charge >= 0.3 is 5.97 Å². The van der Waals surface area contributed by atoms with Crippen molar-refractivity contribution in [2.45, 2.75) is 70.6 Å². The van der Waals surface area contributed by atoms with Gasteiger partial charge in [-0.2, -0.15) is 0 Å². The van der Waals surface area contributed by atoms with Gasteiger partial charge in [0.15, 0.2) is 11.5 Å². The second-order valence-electron chi connectivity index (χ2n) is 10.1. The molecule has 3 N–H and O–H groups in total. The number of esters is 1. The van der Waals surface area contributed by atoms with E-state index < -0.39 is 52.7 Å². The fourth-order valence-electron chi connectivity index (χ4n) is 7.80. The molecular weight excluding hydrogens is 352 g/mol. The number of ether oxygens (including phenoxy) is 2. The lowest BCUT2D eigenvalue weighted by molar-refractivity contribution is -0.435. The van der Waals surface area contributed by atoms with Gasteiger partial charge in [-0.1, -0.05) is 13.8 Å². The Morgan fingerprint density at radius 2 is 1.89 bits per heavy atom. The van der Waals surface area contributed by atoms with Crippen molar-refractivity contribution in [3.05, 3.63) is 0 Å². The number of hydrogen-bond acceptors (Lipinski definition) is 7. The van der Waals surface area contributed by atoms with Crippen molar-refractivity contribution in [2.24, 2.45) is 34.0 Å². The summed E-state index contributed by atoms with van der Waals surface area (Å²) >= 11 is 0. The average Bonchev–Trinajstić information content (AvgIpc) is 2.75. The van der Waals surface area contributed by atoms with Crippen LogP contribution in [0.4, 0.5) is 0 Å². The van der Waals surface area contributed by atoms with E-state index >= 15 is 0 Å². The third-order valence-electron chi connectivity index (χ3n) is 8.83. The number of carbonyl (C=O) groups excluding carboxylic acids is 2. The first-order chi connectivity index (χ1) is 12.5. The molecule has 0 aromatic carbocycles. The van der Waals surface area contributed by atoms with E-state index in [1.54, 1.807) is 0 Å². The van der Waals surface area contributed by atoms with E-state index in [0.29, 0.717) is 19.3 Å². The molecule has 3 aliphatic heterocycles. The monoisotopic (exact) mass is 380 g/mol. The Balaban J connectivity index is 1.77. The zero-order valence-corrected chi connectivity index (χ0v) is 16.0. The quantitative estimate of drug-likeness (QED) is 0.564. The predicted molar refractivity (Wildman–Crippen MR) is 91.1 cm³/mol. The highest BCUT2D eigenvalue weighted by atomic mass is 16.7. The predicted octanol–water partition coefficient (Wildman–Crippen LogP) is 0.390. The Hall–Kier alpha value is -1.02. The van der Waals surface area contributed by atoms with E-state index in [0.717, 1.165) is 6.42 Å². The summed E-state index contributed by atoms with van der Waals surface area (Å²) in [6, 6.07) is 0. The Bertz CT molecular complexity index is 734. The Labute approximate surface area is 158 Å². The molecule has 150 valence electrons. The molecule has 0 unspecified atom stereocenters. The molecule has 2 spiro atoms. The van der Waals surface area contributed by atoms with Crippen LogP contribution in [0.25, 0.3) is 0 Å². The number of carbonyl (C=O) groups is 2. The molecule has 27 heavy (non-hydrogen) atoms. The minimum absolute atomic E-state index is 0.135. The summed E-state index contributed by atoms with van der Waals surface area (Å²) < 4.78 is 11.6. The van der Waals surface area contributed by atoms with Crippen LogP contribution in [0.2, 0.25) is 0 Å². The lowest BCUT2D eigenvalue weighted by Gasteiger charge is -2.72. The van der Waals surface area contributed by atoms with Gasteiger partial charge in [0.1, 0.15) is 5.78 Å². The van der Waals surface area contributed by atoms with Gasteiger partial charge in [0, 0.05) is 17.3 Å². The summed E-state index contributed by atoms with van der Waals surface area (Å²) in [5.74, 6) is -4.37. The average molecular weight is 380 g/mol. The van der Waals surface area contributed by atoms with Gasteiger partial charge in [-0.05, 0) is 43.9 Å². The number of Topliss-reactive ketones (excluding diaryl/α,β-unsaturated/α-hetero) is 1. The van der Waals surface area contributed by atoms with Crippen molar-refractivity contribution in [3.8, 4) is 0 Å². The molecule has 3 saturated carbocycles. The molecule has 6 fully saturated rings. The van der Waals surface area contributed by atoms with Gasteiger partial charge in [-0.15, -0.1) is 0 Å². The first kappa shape index (κ1) is 18.0. The molecule has 3 saturated heterocycles. The maximum Gasteiger partial charge on any atom is 0.321 e. The van der Waals surface area contributed by atoms with Gasteiger partial charge in [0.05, 0.1) is 18.8 Å². The van der Waals surface area contributed by atoms with Gasteiger partial charge in [0.2, 0.25) is 5.79 Å². The third-order valence-corrected chi connectivity index (χ3v) is 8.83. The largest absolute Gasteiger partial charge is 0.456 e. The first-order valence-electron chi connectivity index (χ1n) is 9.99. The van der Waals surface area contributed by atoms with Crippen molar-refractivity contribution in [2.75, 3.05) is 6.61 Å². The minimum Gasteiger partial charge on any atom is -0.456 e. The van der Waals surface area contributed by atoms with Crippen molar-refractivity contribution < 1.29 is 34.4 Å². The summed E-state index contributed by atoms with van der Waals surface area (Å²) in [5.41, 5.74) is -2.75. The zero-order valence-electron chi connectivity index (χ0n) is 16.0. The Kier molecular flexibility index (Phi) is 3.29. The maximum atomic E-state index is 13.2. The first-order valence-corrected chi connectivity index (χ1v) is 9.99. The van der Waals surface area contributed by atoms with Crippen LogP contribution >= 0.6 is 0 Å². The number of rotatable bonds is 1. The van der Waals surface area contributed by atoms with E-state index in [-0.39, 0.29) is 23.7 Å². The van der Waals surface area contributed by atoms with Crippen molar-refractivity contribution in [3.63, 3.8) is 0 Å². The lowest BCUT2D eigenvalue weighted by atomic mass is 9.35. The zero-order chi connectivity index (χ0) is 19.6. The summed E-state index contributed by atoms with van der Waals surface area (Å²) in [6.45, 7) is 5.70. The second-order valence-corrected chi connectivity index (χ2v) is 10.1. The second kappa shape index (κ2) is 4.93. The molecule has 9 atom stereocenters. The molecule has 7 heteroatoms. The van der Waals surface area contributed by atoms with Gasteiger partial charge in [0.25, 0.3) is 0 Å². The van der Waals surface area contributed by atoms with Crippen LogP contribution in [-0.2, 0) is 19.1 Å². The fraction of sp³-hybridized carbons (Fsp3) is 0.900. The maximum absolute atomic E-state index is 13.2. The van der Waals surface area contributed by atoms with Crippen LogP contribution < -0.4 is 0 Å². The molecule has 6 aliphatic rings. The van der Waals surface area contributed by atoms with Crippen molar-refractivity contribution in [1.82, 2.24) is 0 Å². The number of aliphatic hydroxyl groups is 3. The number of fused-ring (bicyclic) bond motifs is 1. The molecule has 7 nitrogen and oxygen atoms in total. The molecule has 4 bridgehead atoms. The van der Waals surface area contributed by atoms with Gasteiger partial charge in [-0.25, -0.2) is 0 Å². The fourth-order valence-corrected chi connectivity index (χ4v) is 7.80. The van der Waals surface area contributed by atoms with Crippen LogP contribution in [0.5, 0.6) is 0 Å². The molecule has 0 aromatic rings. The van der Waals surface area contributed by atoms with E-state index in [1.165, 1.54) is 6.92 Å². The number of aliphatic hydroxyl groups excluding tert-OH is 2. The summed E-state index contributed by atoms with van der Waals surface area (Å²) in [5, 5.41) is 34.1. The normalized spacial score (nSPS) is 57.6. The summed E-state index contributed by atoms with van der Waals surface area (Å²) in [6.07, 6.45) is -0.805. The van der Waals surface area contributed by atoms with E-state index in [4.69, 9.17) is 9.47 Å². The standard InChI is InChI=1S/C20H28O7/c1-9(21)10-4-5-11-18-8-26-20(25)15(27-16(24)19(11,20)14(10)23)13(18)17(2,3)7-6-12(18)22/h10-15,22-23,25H,4-8H2,1-3H3/t10-,11-,12-,13+,14+,15-,18+,19+,20-/m0/s1. The van der Waals surface area contributed by atoms with E-state index in [9.17, 15) is 24.9 Å². The summed E-state index contributed by atoms with van der Waals surface area (Å²) in [4.78, 5) is 25.4. The van der Waals surface area contributed by atoms with Crippen LogP contribution in [-0.4, -0.2) is 57.8 Å². The molecular formula is C20H28O7. The van der Waals surface area contributed by atoms with Gasteiger partial charge < -0.3 is 24.8 Å². The van der Waals surface area contributed by atoms with Gasteiger partial charge in [-0.3, -0.25) is 9.59 Å². The molecule has 6 rings (SSSR count). The molecule has 3 aliphatic carbocycles. The van der Waals surface area contributed by atoms with E-state index in [2.05, 4.69) is 13.8 Å². The third kappa shape index (κ3) is 1.63. The van der Waals surface area contributed by atoms with Crippen LogP contribution in [0, 0.1) is 34.0 Å². The lowest BCUT2D eigenvalue weighted by Crippen LogP contribution is -2.83. The highest BCUT2D eigenvalue weighted by Gasteiger charge is 2.89. The Morgan fingerprint density at radius 1 is 1.19 bits per heavy atom. The Morgan fingerprint density at radius 3 is 2.56 bits per heavy atom. The molecule has 0 amide bonds. The van der Waals surface area contributed by atoms with Crippen LogP contribution in [0.3, 0.4) is 0 Å².